The molecule has 5 heteroatoms. The summed E-state index contributed by atoms with van der Waals surface area (Å²) in [6, 6.07) is 14.5. The second-order valence-corrected chi connectivity index (χ2v) is 7.96. The molecule has 1 aliphatic heterocycles. The van der Waals surface area contributed by atoms with E-state index in [1.165, 1.54) is 15.8 Å². The summed E-state index contributed by atoms with van der Waals surface area (Å²) < 4.78 is 1.23. The van der Waals surface area contributed by atoms with Crippen molar-refractivity contribution in [1.29, 1.82) is 0 Å². The number of benzene rings is 2. The molecule has 0 spiro atoms. The number of amides is 1. The first kappa shape index (κ1) is 17.0. The van der Waals surface area contributed by atoms with E-state index in [0.29, 0.717) is 6.42 Å². The van der Waals surface area contributed by atoms with E-state index in [1.54, 1.807) is 11.3 Å². The van der Waals surface area contributed by atoms with E-state index in [-0.39, 0.29) is 5.91 Å². The molecule has 0 unspecified atom stereocenters. The molecule has 134 valence electrons. The molecule has 1 fully saturated rings. The smallest absolute Gasteiger partial charge is 0.227 e. The van der Waals surface area contributed by atoms with E-state index < -0.39 is 0 Å². The number of carbonyl (C=O) groups excluding carboxylic acids is 1. The van der Waals surface area contributed by atoms with Crippen LogP contribution in [0, 0.1) is 13.8 Å². The highest BCUT2D eigenvalue weighted by molar-refractivity contribution is 7.22. The Morgan fingerprint density at radius 2 is 1.85 bits per heavy atom. The van der Waals surface area contributed by atoms with Crippen LogP contribution in [0.15, 0.2) is 42.5 Å². The Morgan fingerprint density at radius 3 is 2.58 bits per heavy atom. The van der Waals surface area contributed by atoms with Gasteiger partial charge in [-0.15, -0.1) is 0 Å². The molecule has 0 atom stereocenters. The lowest BCUT2D eigenvalue weighted by atomic mass is 10.1. The quantitative estimate of drug-likeness (QED) is 0.708. The fourth-order valence-corrected chi connectivity index (χ4v) is 4.56. The van der Waals surface area contributed by atoms with Gasteiger partial charge in [0.15, 0.2) is 5.13 Å². The number of fused-ring (bicyclic) bond motifs is 1. The van der Waals surface area contributed by atoms with Gasteiger partial charge in [-0.05, 0) is 31.0 Å². The van der Waals surface area contributed by atoms with Crippen molar-refractivity contribution in [2.45, 2.75) is 20.3 Å². The Labute approximate surface area is 158 Å². The van der Waals surface area contributed by atoms with Crippen LogP contribution in [0.3, 0.4) is 0 Å². The van der Waals surface area contributed by atoms with Crippen LogP contribution in [0.2, 0.25) is 0 Å². The molecule has 1 aromatic heterocycles. The van der Waals surface area contributed by atoms with Gasteiger partial charge in [-0.25, -0.2) is 4.98 Å². The molecule has 26 heavy (non-hydrogen) atoms. The highest BCUT2D eigenvalue weighted by atomic mass is 32.1. The first-order chi connectivity index (χ1) is 12.6. The van der Waals surface area contributed by atoms with Crippen molar-refractivity contribution < 1.29 is 4.79 Å². The summed E-state index contributed by atoms with van der Waals surface area (Å²) in [7, 11) is 0. The third-order valence-corrected chi connectivity index (χ3v) is 6.03. The van der Waals surface area contributed by atoms with E-state index in [9.17, 15) is 4.79 Å². The number of hydrogen-bond donors (Lipinski definition) is 0. The van der Waals surface area contributed by atoms with Crippen molar-refractivity contribution in [3.63, 3.8) is 0 Å². The fourth-order valence-electron chi connectivity index (χ4n) is 3.47. The largest absolute Gasteiger partial charge is 0.345 e. The maximum Gasteiger partial charge on any atom is 0.227 e. The number of thiazole rings is 1. The summed E-state index contributed by atoms with van der Waals surface area (Å²) in [5, 5.41) is 1.07. The molecule has 0 bridgehead atoms. The molecule has 0 N–H and O–H groups in total. The van der Waals surface area contributed by atoms with E-state index >= 15 is 0 Å². The summed E-state index contributed by atoms with van der Waals surface area (Å²) in [5.41, 5.74) is 4.62. The normalized spacial score (nSPS) is 14.8. The molecular weight excluding hydrogens is 342 g/mol. The van der Waals surface area contributed by atoms with Gasteiger partial charge in [0.05, 0.1) is 16.6 Å². The summed E-state index contributed by atoms with van der Waals surface area (Å²) >= 11 is 1.74. The molecule has 4 nitrogen and oxygen atoms in total. The highest BCUT2D eigenvalue weighted by Gasteiger charge is 2.23. The van der Waals surface area contributed by atoms with E-state index in [1.807, 2.05) is 17.0 Å². The molecule has 4 rings (SSSR count). The predicted octanol–water partition coefficient (Wildman–Crippen LogP) is 3.80. The predicted molar refractivity (Wildman–Crippen MR) is 108 cm³/mol. The van der Waals surface area contributed by atoms with Crippen LogP contribution in [0.5, 0.6) is 0 Å². The highest BCUT2D eigenvalue weighted by Crippen LogP contribution is 2.31. The molecule has 0 aliphatic carbocycles. The van der Waals surface area contributed by atoms with Gasteiger partial charge in [0, 0.05) is 26.2 Å². The third-order valence-electron chi connectivity index (χ3n) is 4.95. The molecule has 1 amide bonds. The van der Waals surface area contributed by atoms with Crippen LogP contribution in [-0.4, -0.2) is 42.0 Å². The van der Waals surface area contributed by atoms with E-state index in [2.05, 4.69) is 49.1 Å². The minimum atomic E-state index is 0.218. The molecule has 0 radical (unpaired) electrons. The lowest BCUT2D eigenvalue weighted by Crippen LogP contribution is -2.49. The van der Waals surface area contributed by atoms with Gasteiger partial charge in [0.2, 0.25) is 5.91 Å². The van der Waals surface area contributed by atoms with Gasteiger partial charge in [0.25, 0.3) is 0 Å². The second kappa shape index (κ2) is 7.08. The zero-order valence-electron chi connectivity index (χ0n) is 15.2. The number of hydrogen-bond acceptors (Lipinski definition) is 4. The minimum Gasteiger partial charge on any atom is -0.345 e. The molecule has 1 aliphatic rings. The SMILES string of the molecule is Cc1cccc(CC(=O)N2CCN(c3nc4c(C)cccc4s3)CC2)c1. The molecular formula is C21H23N3OS. The number of piperazine rings is 1. The Hall–Kier alpha value is -2.40. The molecule has 3 aromatic rings. The van der Waals surface area contributed by atoms with Crippen molar-refractivity contribution in [1.82, 2.24) is 9.88 Å². The lowest BCUT2D eigenvalue weighted by molar-refractivity contribution is -0.130. The third kappa shape index (κ3) is 3.44. The zero-order chi connectivity index (χ0) is 18.1. The number of aryl methyl sites for hydroxylation is 2. The number of nitrogens with zero attached hydrogens (tertiary/aromatic N) is 3. The number of anilines is 1. The topological polar surface area (TPSA) is 36.4 Å². The molecule has 2 heterocycles. The standard InChI is InChI=1S/C21H23N3OS/c1-15-5-3-7-17(13-15)14-19(25)23-9-11-24(12-10-23)21-22-20-16(2)6-4-8-18(20)26-21/h3-8,13H,9-12,14H2,1-2H3. The lowest BCUT2D eigenvalue weighted by Gasteiger charge is -2.34. The monoisotopic (exact) mass is 365 g/mol. The van der Waals surface area contributed by atoms with E-state index in [4.69, 9.17) is 4.98 Å². The van der Waals surface area contributed by atoms with Gasteiger partial charge in [-0.2, -0.15) is 0 Å². The Morgan fingerprint density at radius 1 is 1.08 bits per heavy atom. The van der Waals surface area contributed by atoms with Crippen LogP contribution >= 0.6 is 11.3 Å². The van der Waals surface area contributed by atoms with Gasteiger partial charge in [0.1, 0.15) is 0 Å². The number of carbonyl (C=O) groups is 1. The zero-order valence-corrected chi connectivity index (χ0v) is 16.1. The fraction of sp³-hybridized carbons (Fsp3) is 0.333. The summed E-state index contributed by atoms with van der Waals surface area (Å²) in [6.07, 6.45) is 0.488. The van der Waals surface area contributed by atoms with Crippen LogP contribution in [0.1, 0.15) is 16.7 Å². The van der Waals surface area contributed by atoms with Gasteiger partial charge in [-0.3, -0.25) is 4.79 Å². The van der Waals surface area contributed by atoms with Gasteiger partial charge >= 0.3 is 0 Å². The Bertz CT molecular complexity index is 941. The van der Waals surface area contributed by atoms with Gasteiger partial charge < -0.3 is 9.80 Å². The Kier molecular flexibility index (Phi) is 4.64. The van der Waals surface area contributed by atoms with Crippen molar-refractivity contribution in [2.24, 2.45) is 0 Å². The number of rotatable bonds is 3. The summed E-state index contributed by atoms with van der Waals surface area (Å²) in [6.45, 7) is 7.39. The minimum absolute atomic E-state index is 0.218. The summed E-state index contributed by atoms with van der Waals surface area (Å²) in [5.74, 6) is 0.218. The van der Waals surface area contributed by atoms with Crippen molar-refractivity contribution in [3.05, 3.63) is 59.2 Å². The summed E-state index contributed by atoms with van der Waals surface area (Å²) in [4.78, 5) is 21.7. The second-order valence-electron chi connectivity index (χ2n) is 6.95. The first-order valence-electron chi connectivity index (χ1n) is 9.04. The van der Waals surface area contributed by atoms with Crippen LogP contribution < -0.4 is 4.90 Å². The average Bonchev–Trinajstić information content (AvgIpc) is 3.08. The first-order valence-corrected chi connectivity index (χ1v) is 9.86. The van der Waals surface area contributed by atoms with Gasteiger partial charge in [-0.1, -0.05) is 53.3 Å². The van der Waals surface area contributed by atoms with Crippen molar-refractivity contribution in [2.75, 3.05) is 31.1 Å². The maximum absolute atomic E-state index is 12.6. The van der Waals surface area contributed by atoms with Crippen molar-refractivity contribution in [3.8, 4) is 0 Å². The van der Waals surface area contributed by atoms with Crippen LogP contribution in [0.25, 0.3) is 10.2 Å². The molecule has 2 aromatic carbocycles. The van der Waals surface area contributed by atoms with Crippen LogP contribution in [-0.2, 0) is 11.2 Å². The number of aromatic nitrogens is 1. The maximum atomic E-state index is 12.6. The average molecular weight is 366 g/mol. The van der Waals surface area contributed by atoms with Crippen molar-refractivity contribution >= 4 is 32.6 Å². The molecule has 1 saturated heterocycles. The Balaban J connectivity index is 1.40. The van der Waals surface area contributed by atoms with E-state index in [0.717, 1.165) is 42.4 Å². The molecule has 0 saturated carbocycles. The van der Waals surface area contributed by atoms with Crippen LogP contribution in [0.4, 0.5) is 5.13 Å². The number of para-hydroxylation sites is 1.